The lowest BCUT2D eigenvalue weighted by molar-refractivity contribution is -0.126. The van der Waals surface area contributed by atoms with Crippen LogP contribution in [0.1, 0.15) is 72.1 Å². The van der Waals surface area contributed by atoms with Crippen LogP contribution in [0, 0.1) is 0 Å². The van der Waals surface area contributed by atoms with Crippen molar-refractivity contribution in [3.63, 3.8) is 0 Å². The van der Waals surface area contributed by atoms with E-state index in [4.69, 9.17) is 0 Å². The molecule has 0 radical (unpaired) electrons. The van der Waals surface area contributed by atoms with Gasteiger partial charge in [-0.25, -0.2) is 0 Å². The molecule has 27 heavy (non-hydrogen) atoms. The van der Waals surface area contributed by atoms with Crippen LogP contribution < -0.4 is 5.32 Å². The maximum absolute atomic E-state index is 11.6. The van der Waals surface area contributed by atoms with E-state index in [1.807, 2.05) is 0 Å². The first-order valence-electron chi connectivity index (χ1n) is 10.1. The van der Waals surface area contributed by atoms with Crippen LogP contribution in [0.3, 0.4) is 0 Å². The van der Waals surface area contributed by atoms with Gasteiger partial charge in [0.25, 0.3) is 0 Å². The number of hydrogen-bond acceptors (Lipinski definition) is 2. The molecule has 1 N–H and O–H groups in total. The molecule has 0 unspecified atom stereocenters. The topological polar surface area (TPSA) is 46.2 Å². The Kier molecular flexibility index (Phi) is 17.1. The minimum Gasteiger partial charge on any atom is -0.347 e. The Labute approximate surface area is 166 Å². The number of nitrogens with one attached hydrogen (secondary N) is 1. The number of amides is 1. The molecule has 0 spiro atoms. The van der Waals surface area contributed by atoms with Crippen molar-refractivity contribution in [3.8, 4) is 0 Å². The fourth-order valence-electron chi connectivity index (χ4n) is 2.16. The lowest BCUT2D eigenvalue weighted by atomic mass is 10.2. The third-order valence-electron chi connectivity index (χ3n) is 3.92. The van der Waals surface area contributed by atoms with Gasteiger partial charge in [0.05, 0.1) is 6.04 Å². The SMILES string of the molecule is CC/C=C\C/C=C\C/C=C\C/C=C\C/C=C\CCCC(=O)N[C@@H](C)C(C)=O. The van der Waals surface area contributed by atoms with Crippen molar-refractivity contribution in [1.29, 1.82) is 0 Å². The molecule has 0 aliphatic heterocycles. The van der Waals surface area contributed by atoms with Gasteiger partial charge in [-0.2, -0.15) is 0 Å². The van der Waals surface area contributed by atoms with Crippen molar-refractivity contribution in [1.82, 2.24) is 5.32 Å². The van der Waals surface area contributed by atoms with Crippen LogP contribution in [0.5, 0.6) is 0 Å². The lowest BCUT2D eigenvalue weighted by Crippen LogP contribution is -2.37. The summed E-state index contributed by atoms with van der Waals surface area (Å²) in [6.45, 7) is 5.35. The van der Waals surface area contributed by atoms with Crippen molar-refractivity contribution in [2.45, 2.75) is 78.2 Å². The Balaban J connectivity index is 3.60. The van der Waals surface area contributed by atoms with Crippen molar-refractivity contribution >= 4 is 11.7 Å². The summed E-state index contributed by atoms with van der Waals surface area (Å²) in [4.78, 5) is 22.7. The minimum atomic E-state index is -0.383. The Morgan fingerprint density at radius 2 is 1.22 bits per heavy atom. The number of carbonyl (C=O) groups excluding carboxylic acids is 2. The fraction of sp³-hybridized carbons (Fsp3) is 0.500. The highest BCUT2D eigenvalue weighted by atomic mass is 16.2. The van der Waals surface area contributed by atoms with Gasteiger partial charge in [0.1, 0.15) is 0 Å². The molecule has 0 rings (SSSR count). The van der Waals surface area contributed by atoms with Crippen LogP contribution in [-0.4, -0.2) is 17.7 Å². The summed E-state index contributed by atoms with van der Waals surface area (Å²) in [5.41, 5.74) is 0. The highest BCUT2D eigenvalue weighted by Gasteiger charge is 2.09. The number of unbranched alkanes of at least 4 members (excludes halogenated alkanes) is 1. The van der Waals surface area contributed by atoms with E-state index in [9.17, 15) is 9.59 Å². The van der Waals surface area contributed by atoms with E-state index in [1.54, 1.807) is 6.92 Å². The maximum atomic E-state index is 11.6. The zero-order valence-corrected chi connectivity index (χ0v) is 17.3. The van der Waals surface area contributed by atoms with Gasteiger partial charge in [0.15, 0.2) is 5.78 Å². The van der Waals surface area contributed by atoms with Gasteiger partial charge in [0, 0.05) is 6.42 Å². The van der Waals surface area contributed by atoms with Gasteiger partial charge in [-0.05, 0) is 58.8 Å². The highest BCUT2D eigenvalue weighted by Crippen LogP contribution is 2.00. The molecule has 0 aromatic heterocycles. The Bertz CT molecular complexity index is 539. The number of allylic oxidation sites excluding steroid dienone is 10. The summed E-state index contributed by atoms with van der Waals surface area (Å²) in [5.74, 6) is -0.0637. The summed E-state index contributed by atoms with van der Waals surface area (Å²) < 4.78 is 0. The summed E-state index contributed by atoms with van der Waals surface area (Å²) in [5, 5.41) is 2.70. The predicted octanol–water partition coefficient (Wildman–Crippen LogP) is 6.00. The van der Waals surface area contributed by atoms with E-state index in [-0.39, 0.29) is 17.7 Å². The molecule has 0 aromatic carbocycles. The number of rotatable bonds is 15. The third kappa shape index (κ3) is 18.4. The van der Waals surface area contributed by atoms with E-state index < -0.39 is 0 Å². The van der Waals surface area contributed by atoms with Crippen LogP contribution in [0.15, 0.2) is 60.8 Å². The van der Waals surface area contributed by atoms with E-state index >= 15 is 0 Å². The molecule has 0 aliphatic rings. The minimum absolute atomic E-state index is 0.0128. The first kappa shape index (κ1) is 24.8. The molecule has 150 valence electrons. The largest absolute Gasteiger partial charge is 0.347 e. The second-order valence-corrected chi connectivity index (χ2v) is 6.50. The molecule has 0 aliphatic carbocycles. The summed E-state index contributed by atoms with van der Waals surface area (Å²) in [6, 6.07) is -0.383. The molecular formula is C24H37NO2. The summed E-state index contributed by atoms with van der Waals surface area (Å²) in [7, 11) is 0. The first-order valence-corrected chi connectivity index (χ1v) is 10.1. The molecule has 0 bridgehead atoms. The van der Waals surface area contributed by atoms with Crippen LogP contribution in [0.4, 0.5) is 0 Å². The smallest absolute Gasteiger partial charge is 0.220 e. The standard InChI is InChI=1S/C24H37NO2/c1-4-5-6-7-8-9-10-11-12-13-14-15-16-17-18-19-20-21-24(27)25-22(2)23(3)26/h5-6,8-9,11-12,14-15,17-18,22H,4,7,10,13,16,19-21H2,1-3H3,(H,25,27)/b6-5-,9-8-,12-11-,15-14-,18-17-/t22-/m0/s1. The average Bonchev–Trinajstić information content (AvgIpc) is 2.64. The van der Waals surface area contributed by atoms with Gasteiger partial charge in [-0.3, -0.25) is 9.59 Å². The summed E-state index contributed by atoms with van der Waals surface area (Å²) >= 11 is 0. The molecule has 1 atom stereocenters. The molecule has 3 heteroatoms. The number of carbonyl (C=O) groups is 2. The number of hydrogen-bond donors (Lipinski definition) is 1. The summed E-state index contributed by atoms with van der Waals surface area (Å²) in [6.07, 6.45) is 28.9. The fourth-order valence-corrected chi connectivity index (χ4v) is 2.16. The van der Waals surface area contributed by atoms with Crippen molar-refractivity contribution in [2.24, 2.45) is 0 Å². The zero-order chi connectivity index (χ0) is 20.2. The molecule has 0 aromatic rings. The third-order valence-corrected chi connectivity index (χ3v) is 3.92. The second-order valence-electron chi connectivity index (χ2n) is 6.50. The molecule has 1 amide bonds. The van der Waals surface area contributed by atoms with Gasteiger partial charge < -0.3 is 5.32 Å². The quantitative estimate of drug-likeness (QED) is 0.283. The van der Waals surface area contributed by atoms with E-state index in [0.29, 0.717) is 6.42 Å². The molecule has 3 nitrogen and oxygen atoms in total. The lowest BCUT2D eigenvalue weighted by Gasteiger charge is -2.09. The first-order chi connectivity index (χ1) is 13.1. The molecular weight excluding hydrogens is 334 g/mol. The molecule has 0 heterocycles. The molecule has 0 saturated carbocycles. The molecule has 0 fully saturated rings. The van der Waals surface area contributed by atoms with Crippen LogP contribution in [-0.2, 0) is 9.59 Å². The van der Waals surface area contributed by atoms with Gasteiger partial charge in [0.2, 0.25) is 5.91 Å². The van der Waals surface area contributed by atoms with Crippen LogP contribution >= 0.6 is 0 Å². The van der Waals surface area contributed by atoms with Crippen molar-refractivity contribution < 1.29 is 9.59 Å². The maximum Gasteiger partial charge on any atom is 0.220 e. The highest BCUT2D eigenvalue weighted by molar-refractivity contribution is 5.86. The van der Waals surface area contributed by atoms with E-state index in [1.165, 1.54) is 6.92 Å². The van der Waals surface area contributed by atoms with E-state index in [2.05, 4.69) is 73.0 Å². The predicted molar refractivity (Wildman–Crippen MR) is 117 cm³/mol. The van der Waals surface area contributed by atoms with Gasteiger partial charge >= 0.3 is 0 Å². The van der Waals surface area contributed by atoms with Crippen molar-refractivity contribution in [3.05, 3.63) is 60.8 Å². The van der Waals surface area contributed by atoms with Crippen LogP contribution in [0.2, 0.25) is 0 Å². The second kappa shape index (κ2) is 18.6. The van der Waals surface area contributed by atoms with Gasteiger partial charge in [-0.15, -0.1) is 0 Å². The molecule has 0 saturated heterocycles. The number of ketones is 1. The average molecular weight is 372 g/mol. The normalized spacial score (nSPS) is 13.6. The Hall–Kier alpha value is -2.16. The Morgan fingerprint density at radius 3 is 1.67 bits per heavy atom. The van der Waals surface area contributed by atoms with Gasteiger partial charge in [-0.1, -0.05) is 67.7 Å². The van der Waals surface area contributed by atoms with Crippen LogP contribution in [0.25, 0.3) is 0 Å². The zero-order valence-electron chi connectivity index (χ0n) is 17.3. The Morgan fingerprint density at radius 1 is 0.778 bits per heavy atom. The number of Topliss-reactive ketones (excluding diaryl/α,β-unsaturated/α-hetero) is 1. The monoisotopic (exact) mass is 371 g/mol. The van der Waals surface area contributed by atoms with Crippen molar-refractivity contribution in [2.75, 3.05) is 0 Å². The van der Waals surface area contributed by atoms with E-state index in [0.717, 1.165) is 44.9 Å².